The van der Waals surface area contributed by atoms with Gasteiger partial charge in [-0.05, 0) is 43.7 Å². The molecule has 2 heterocycles. The maximum atomic E-state index is 13.3. The van der Waals surface area contributed by atoms with Crippen LogP contribution in [0.15, 0.2) is 42.9 Å². The fourth-order valence-electron chi connectivity index (χ4n) is 2.63. The second kappa shape index (κ2) is 8.00. The first-order valence-corrected chi connectivity index (χ1v) is 8.66. The highest BCUT2D eigenvalue weighted by molar-refractivity contribution is 5.96. The maximum Gasteiger partial charge on any atom is 0.451 e. The number of carbonyl (C=O) groups excluding carboxylic acids is 1. The Balaban J connectivity index is 2.14. The summed E-state index contributed by atoms with van der Waals surface area (Å²) in [5.41, 5.74) is 1.94. The topological polar surface area (TPSA) is 92.9 Å². The molecule has 10 heteroatoms. The summed E-state index contributed by atoms with van der Waals surface area (Å²) in [7, 11) is 0. The first-order chi connectivity index (χ1) is 13.7. The SMILES string of the molecule is Cc1ccc(-c2cc(C(=O)N[C@@H](C)CO)cc(-n3ncnc3C(F)(F)F)c2)nc1. The van der Waals surface area contributed by atoms with Crippen molar-refractivity contribution in [2.75, 3.05) is 6.61 Å². The minimum atomic E-state index is -4.72. The van der Waals surface area contributed by atoms with Gasteiger partial charge in [0.25, 0.3) is 5.91 Å². The van der Waals surface area contributed by atoms with E-state index in [1.165, 1.54) is 18.2 Å². The molecule has 7 nitrogen and oxygen atoms in total. The van der Waals surface area contributed by atoms with Gasteiger partial charge in [0.1, 0.15) is 6.33 Å². The lowest BCUT2D eigenvalue weighted by Crippen LogP contribution is -2.35. The van der Waals surface area contributed by atoms with Crippen LogP contribution in [0.25, 0.3) is 16.9 Å². The van der Waals surface area contributed by atoms with Gasteiger partial charge in [0, 0.05) is 23.4 Å². The van der Waals surface area contributed by atoms with Crippen LogP contribution in [0.5, 0.6) is 0 Å². The summed E-state index contributed by atoms with van der Waals surface area (Å²) < 4.78 is 40.4. The predicted octanol–water partition coefficient (Wildman–Crippen LogP) is 2.77. The van der Waals surface area contributed by atoms with E-state index in [9.17, 15) is 18.0 Å². The highest BCUT2D eigenvalue weighted by atomic mass is 19.4. The summed E-state index contributed by atoms with van der Waals surface area (Å²) in [6, 6.07) is 7.24. The molecular formula is C19H18F3N5O2. The molecule has 0 fully saturated rings. The number of rotatable bonds is 5. The molecule has 1 amide bonds. The smallest absolute Gasteiger partial charge is 0.394 e. The Morgan fingerprint density at radius 3 is 2.62 bits per heavy atom. The minimum absolute atomic E-state index is 0.0106. The third-order valence-electron chi connectivity index (χ3n) is 4.08. The standard InChI is InChI=1S/C19H18F3N5O2/c1-11-3-4-16(23-8-11)13-5-14(17(29)26-12(2)9-28)7-15(6-13)27-18(19(20,21)22)24-10-25-27/h3-8,10,12,28H,9H2,1-2H3,(H,26,29)/t12-/m0/s1. The maximum absolute atomic E-state index is 13.3. The van der Waals surface area contributed by atoms with Crippen LogP contribution in [0.1, 0.15) is 28.7 Å². The molecule has 0 spiro atoms. The number of halogens is 3. The zero-order chi connectivity index (χ0) is 21.2. The first-order valence-electron chi connectivity index (χ1n) is 8.66. The summed E-state index contributed by atoms with van der Waals surface area (Å²) >= 11 is 0. The van der Waals surface area contributed by atoms with E-state index in [0.29, 0.717) is 15.9 Å². The van der Waals surface area contributed by atoms with E-state index in [0.717, 1.165) is 11.9 Å². The molecule has 2 aromatic heterocycles. The van der Waals surface area contributed by atoms with Crippen LogP contribution in [0.3, 0.4) is 0 Å². The Labute approximate surface area is 164 Å². The van der Waals surface area contributed by atoms with E-state index >= 15 is 0 Å². The number of aliphatic hydroxyl groups excluding tert-OH is 1. The molecule has 0 unspecified atom stereocenters. The van der Waals surface area contributed by atoms with Crippen molar-refractivity contribution in [3.8, 4) is 16.9 Å². The van der Waals surface area contributed by atoms with Crippen molar-refractivity contribution in [2.45, 2.75) is 26.1 Å². The molecule has 152 valence electrons. The van der Waals surface area contributed by atoms with Gasteiger partial charge in [-0.15, -0.1) is 0 Å². The van der Waals surface area contributed by atoms with Gasteiger partial charge in [0.05, 0.1) is 18.0 Å². The molecule has 1 atom stereocenters. The highest BCUT2D eigenvalue weighted by Crippen LogP contribution is 2.30. The van der Waals surface area contributed by atoms with Crippen molar-refractivity contribution in [1.82, 2.24) is 25.1 Å². The molecule has 0 aliphatic carbocycles. The number of aryl methyl sites for hydroxylation is 1. The molecule has 0 radical (unpaired) electrons. The third kappa shape index (κ3) is 4.60. The summed E-state index contributed by atoms with van der Waals surface area (Å²) in [5.74, 6) is -1.75. The number of aliphatic hydroxyl groups is 1. The van der Waals surface area contributed by atoms with E-state index < -0.39 is 23.9 Å². The van der Waals surface area contributed by atoms with Crippen LogP contribution >= 0.6 is 0 Å². The lowest BCUT2D eigenvalue weighted by Gasteiger charge is -2.14. The van der Waals surface area contributed by atoms with E-state index in [2.05, 4.69) is 20.4 Å². The van der Waals surface area contributed by atoms with Gasteiger partial charge < -0.3 is 10.4 Å². The fourth-order valence-corrected chi connectivity index (χ4v) is 2.63. The van der Waals surface area contributed by atoms with Crippen LogP contribution < -0.4 is 5.32 Å². The largest absolute Gasteiger partial charge is 0.451 e. The van der Waals surface area contributed by atoms with Crippen LogP contribution in [0.2, 0.25) is 0 Å². The second-order valence-electron chi connectivity index (χ2n) is 6.54. The average molecular weight is 405 g/mol. The Morgan fingerprint density at radius 1 is 1.24 bits per heavy atom. The first kappa shape index (κ1) is 20.5. The average Bonchev–Trinajstić information content (AvgIpc) is 3.18. The molecule has 0 saturated carbocycles. The lowest BCUT2D eigenvalue weighted by atomic mass is 10.0. The number of hydrogen-bond donors (Lipinski definition) is 2. The predicted molar refractivity (Wildman–Crippen MR) is 98.3 cm³/mol. The van der Waals surface area contributed by atoms with Crippen molar-refractivity contribution in [2.24, 2.45) is 0 Å². The van der Waals surface area contributed by atoms with E-state index in [1.807, 2.05) is 6.92 Å². The van der Waals surface area contributed by atoms with Crippen molar-refractivity contribution >= 4 is 5.91 Å². The summed E-state index contributed by atoms with van der Waals surface area (Å²) in [4.78, 5) is 20.1. The summed E-state index contributed by atoms with van der Waals surface area (Å²) in [6.45, 7) is 3.18. The fraction of sp³-hybridized carbons (Fsp3) is 0.263. The quantitative estimate of drug-likeness (QED) is 0.681. The summed E-state index contributed by atoms with van der Waals surface area (Å²) in [5, 5.41) is 15.4. The Bertz CT molecular complexity index is 1020. The van der Waals surface area contributed by atoms with Crippen LogP contribution in [0.4, 0.5) is 13.2 Å². The van der Waals surface area contributed by atoms with Crippen LogP contribution in [0, 0.1) is 6.92 Å². The Hall–Kier alpha value is -3.27. The molecular weight excluding hydrogens is 387 g/mol. The number of alkyl halides is 3. The van der Waals surface area contributed by atoms with E-state index in [-0.39, 0.29) is 17.9 Å². The van der Waals surface area contributed by atoms with Crippen molar-refractivity contribution in [3.63, 3.8) is 0 Å². The van der Waals surface area contributed by atoms with Gasteiger partial charge >= 0.3 is 6.18 Å². The van der Waals surface area contributed by atoms with Gasteiger partial charge in [-0.25, -0.2) is 9.67 Å². The van der Waals surface area contributed by atoms with Crippen molar-refractivity contribution < 1.29 is 23.1 Å². The number of hydrogen-bond acceptors (Lipinski definition) is 5. The number of nitrogens with zero attached hydrogens (tertiary/aromatic N) is 4. The molecule has 0 saturated heterocycles. The normalized spacial score (nSPS) is 12.6. The molecule has 2 N–H and O–H groups in total. The van der Waals surface area contributed by atoms with Gasteiger partial charge in [0.2, 0.25) is 5.82 Å². The Kier molecular flexibility index (Phi) is 5.64. The van der Waals surface area contributed by atoms with Crippen molar-refractivity contribution in [1.29, 1.82) is 0 Å². The van der Waals surface area contributed by atoms with E-state index in [4.69, 9.17) is 5.11 Å². The second-order valence-corrected chi connectivity index (χ2v) is 6.54. The van der Waals surface area contributed by atoms with Crippen molar-refractivity contribution in [3.05, 3.63) is 59.8 Å². The molecule has 3 rings (SSSR count). The minimum Gasteiger partial charge on any atom is -0.394 e. The number of amides is 1. The molecule has 0 aliphatic heterocycles. The zero-order valence-electron chi connectivity index (χ0n) is 15.6. The summed E-state index contributed by atoms with van der Waals surface area (Å²) in [6.07, 6.45) is -2.30. The van der Waals surface area contributed by atoms with Gasteiger partial charge in [-0.1, -0.05) is 6.07 Å². The zero-order valence-corrected chi connectivity index (χ0v) is 15.6. The number of pyridine rings is 1. The van der Waals surface area contributed by atoms with Gasteiger partial charge in [-0.2, -0.15) is 18.3 Å². The van der Waals surface area contributed by atoms with E-state index in [1.54, 1.807) is 25.3 Å². The molecule has 1 aromatic carbocycles. The Morgan fingerprint density at radius 2 is 2.00 bits per heavy atom. The highest BCUT2D eigenvalue weighted by Gasteiger charge is 2.37. The molecule has 0 bridgehead atoms. The molecule has 3 aromatic rings. The monoisotopic (exact) mass is 405 g/mol. The molecule has 29 heavy (non-hydrogen) atoms. The number of carbonyl (C=O) groups is 1. The molecule has 0 aliphatic rings. The number of aromatic nitrogens is 4. The lowest BCUT2D eigenvalue weighted by molar-refractivity contribution is -0.146. The van der Waals surface area contributed by atoms with Crippen LogP contribution in [-0.2, 0) is 6.18 Å². The third-order valence-corrected chi connectivity index (χ3v) is 4.08. The van der Waals surface area contributed by atoms with Crippen LogP contribution in [-0.4, -0.2) is 43.4 Å². The number of nitrogens with one attached hydrogen (secondary N) is 1. The number of benzene rings is 1. The van der Waals surface area contributed by atoms with Gasteiger partial charge in [0.15, 0.2) is 0 Å². The van der Waals surface area contributed by atoms with Gasteiger partial charge in [-0.3, -0.25) is 9.78 Å².